The molecule has 0 aliphatic carbocycles. The van der Waals surface area contributed by atoms with Crippen molar-refractivity contribution in [3.8, 4) is 0 Å². The zero-order valence-corrected chi connectivity index (χ0v) is 7.32. The normalized spacial score (nSPS) is 36.7. The van der Waals surface area contributed by atoms with E-state index >= 15 is 0 Å². The molecule has 2 fully saturated rings. The van der Waals surface area contributed by atoms with Crippen molar-refractivity contribution in [2.24, 2.45) is 0 Å². The molecule has 0 aromatic heterocycles. The third-order valence-electron chi connectivity index (χ3n) is 2.78. The molecule has 5 nitrogen and oxygen atoms in total. The predicted octanol–water partition coefficient (Wildman–Crippen LogP) is -0.539. The smallest absolute Gasteiger partial charge is 0.337 e. The molecule has 0 spiro atoms. The Morgan fingerprint density at radius 1 is 1.62 bits per heavy atom. The summed E-state index contributed by atoms with van der Waals surface area (Å²) in [5, 5.41) is 8.93. The van der Waals surface area contributed by atoms with Gasteiger partial charge in [-0.25, -0.2) is 4.79 Å². The molecule has 0 saturated carbocycles. The summed E-state index contributed by atoms with van der Waals surface area (Å²) in [6, 6.07) is -0.0337. The van der Waals surface area contributed by atoms with Crippen LogP contribution in [0.4, 0.5) is 0 Å². The van der Waals surface area contributed by atoms with E-state index in [4.69, 9.17) is 9.84 Å². The lowest BCUT2D eigenvalue weighted by atomic mass is 10.0. The van der Waals surface area contributed by atoms with E-state index in [-0.39, 0.29) is 18.5 Å². The van der Waals surface area contributed by atoms with Gasteiger partial charge >= 0.3 is 5.97 Å². The number of carbonyl (C=O) groups excluding carboxylic acids is 1. The number of fused-ring (bicyclic) bond motifs is 2. The van der Waals surface area contributed by atoms with Gasteiger partial charge in [0.05, 0.1) is 19.2 Å². The first-order valence-corrected chi connectivity index (χ1v) is 4.20. The van der Waals surface area contributed by atoms with E-state index in [0.29, 0.717) is 13.0 Å². The Kier molecular flexibility index (Phi) is 1.60. The van der Waals surface area contributed by atoms with E-state index in [1.54, 1.807) is 4.90 Å². The fourth-order valence-electron chi connectivity index (χ4n) is 2.05. The first kappa shape index (κ1) is 8.50. The average molecular weight is 185 g/mol. The second-order valence-corrected chi connectivity index (χ2v) is 3.62. The number of amides is 1. The predicted molar refractivity (Wildman–Crippen MR) is 42.1 cm³/mol. The summed E-state index contributed by atoms with van der Waals surface area (Å²) in [4.78, 5) is 23.5. The van der Waals surface area contributed by atoms with Gasteiger partial charge in [0.2, 0.25) is 5.91 Å². The molecule has 2 atom stereocenters. The van der Waals surface area contributed by atoms with Crippen LogP contribution in [0.2, 0.25) is 0 Å². The molecule has 0 aromatic carbocycles. The van der Waals surface area contributed by atoms with E-state index in [9.17, 15) is 9.59 Å². The number of morpholine rings is 1. The molecule has 2 rings (SSSR count). The van der Waals surface area contributed by atoms with Gasteiger partial charge in [0.15, 0.2) is 5.60 Å². The van der Waals surface area contributed by atoms with Crippen LogP contribution >= 0.6 is 0 Å². The number of likely N-dealkylation sites (tertiary alicyclic amines) is 1. The quantitative estimate of drug-likeness (QED) is 0.595. The van der Waals surface area contributed by atoms with E-state index in [1.807, 2.05) is 0 Å². The van der Waals surface area contributed by atoms with Crippen molar-refractivity contribution in [3.63, 3.8) is 0 Å². The summed E-state index contributed by atoms with van der Waals surface area (Å²) >= 11 is 0. The lowest BCUT2D eigenvalue weighted by molar-refractivity contribution is -0.164. The number of rotatable bonds is 1. The van der Waals surface area contributed by atoms with Crippen LogP contribution in [0, 0.1) is 0 Å². The molecule has 5 heteroatoms. The molecule has 2 bridgehead atoms. The van der Waals surface area contributed by atoms with Crippen LogP contribution in [0.5, 0.6) is 0 Å². The third kappa shape index (κ3) is 1.03. The average Bonchev–Trinajstić information content (AvgIpc) is 2.60. The molecule has 13 heavy (non-hydrogen) atoms. The van der Waals surface area contributed by atoms with Crippen LogP contribution < -0.4 is 0 Å². The standard InChI is InChI=1S/C8H11NO4/c1-5(10)9-4-8(7(11)12)2-6(9)3-13-8/h6H,2-4H2,1H3,(H,11,12)/t6-,8-/m1/s1. The third-order valence-corrected chi connectivity index (χ3v) is 2.78. The van der Waals surface area contributed by atoms with Crippen molar-refractivity contribution in [2.45, 2.75) is 25.0 Å². The Balaban J connectivity index is 2.22. The number of hydrogen-bond donors (Lipinski definition) is 1. The first-order chi connectivity index (χ1) is 6.05. The number of aliphatic carboxylic acids is 1. The summed E-state index contributed by atoms with van der Waals surface area (Å²) in [6.07, 6.45) is 0.432. The first-order valence-electron chi connectivity index (χ1n) is 4.20. The van der Waals surface area contributed by atoms with Crippen molar-refractivity contribution in [1.29, 1.82) is 0 Å². The lowest BCUT2D eigenvalue weighted by Crippen LogP contribution is -2.48. The largest absolute Gasteiger partial charge is 0.479 e. The molecular weight excluding hydrogens is 174 g/mol. The topological polar surface area (TPSA) is 66.8 Å². The molecule has 1 N–H and O–H groups in total. The van der Waals surface area contributed by atoms with Gasteiger partial charge in [-0.2, -0.15) is 0 Å². The summed E-state index contributed by atoms with van der Waals surface area (Å²) in [5.74, 6) is -1.03. The highest BCUT2D eigenvalue weighted by atomic mass is 16.5. The minimum Gasteiger partial charge on any atom is -0.479 e. The Labute approximate surface area is 75.3 Å². The maximum absolute atomic E-state index is 11.1. The SMILES string of the molecule is CC(=O)N1C[C@@]2(C(=O)O)C[C@@H]1CO2. The Morgan fingerprint density at radius 2 is 2.31 bits per heavy atom. The number of carbonyl (C=O) groups is 2. The Hall–Kier alpha value is -1.10. The maximum atomic E-state index is 11.1. The molecule has 2 heterocycles. The number of ether oxygens (including phenoxy) is 1. The van der Waals surface area contributed by atoms with Crippen LogP contribution in [0.3, 0.4) is 0 Å². The van der Waals surface area contributed by atoms with Gasteiger partial charge in [-0.05, 0) is 0 Å². The van der Waals surface area contributed by atoms with Crippen LogP contribution in [0.25, 0.3) is 0 Å². The molecule has 2 aliphatic rings. The van der Waals surface area contributed by atoms with E-state index in [0.717, 1.165) is 0 Å². The van der Waals surface area contributed by atoms with Gasteiger partial charge in [-0.3, -0.25) is 4.79 Å². The number of hydrogen-bond acceptors (Lipinski definition) is 3. The summed E-state index contributed by atoms with van der Waals surface area (Å²) in [6.45, 7) is 2.00. The fourth-order valence-corrected chi connectivity index (χ4v) is 2.05. The Bertz CT molecular complexity index is 277. The summed E-state index contributed by atoms with van der Waals surface area (Å²) in [7, 11) is 0. The fraction of sp³-hybridized carbons (Fsp3) is 0.750. The molecule has 0 unspecified atom stereocenters. The number of carboxylic acids is 1. The zero-order valence-electron chi connectivity index (χ0n) is 7.32. The van der Waals surface area contributed by atoms with Crippen molar-refractivity contribution < 1.29 is 19.4 Å². The van der Waals surface area contributed by atoms with E-state index in [2.05, 4.69) is 0 Å². The monoisotopic (exact) mass is 185 g/mol. The molecule has 2 aliphatic heterocycles. The van der Waals surface area contributed by atoms with Gasteiger partial charge in [0.25, 0.3) is 0 Å². The van der Waals surface area contributed by atoms with Gasteiger partial charge < -0.3 is 14.7 Å². The molecule has 0 radical (unpaired) electrons. The van der Waals surface area contributed by atoms with Crippen molar-refractivity contribution in [2.75, 3.05) is 13.2 Å². The second kappa shape index (κ2) is 2.45. The van der Waals surface area contributed by atoms with Crippen molar-refractivity contribution in [1.82, 2.24) is 4.90 Å². The lowest BCUT2D eigenvalue weighted by Gasteiger charge is -2.29. The van der Waals surface area contributed by atoms with Gasteiger partial charge in [0, 0.05) is 13.3 Å². The second-order valence-electron chi connectivity index (χ2n) is 3.62. The van der Waals surface area contributed by atoms with Crippen molar-refractivity contribution in [3.05, 3.63) is 0 Å². The molecular formula is C8H11NO4. The van der Waals surface area contributed by atoms with E-state index in [1.165, 1.54) is 6.92 Å². The number of carboxylic acid groups (broad SMARTS) is 1. The molecule has 0 aromatic rings. The van der Waals surface area contributed by atoms with Crippen molar-refractivity contribution >= 4 is 11.9 Å². The van der Waals surface area contributed by atoms with Gasteiger partial charge in [-0.1, -0.05) is 0 Å². The highest BCUT2D eigenvalue weighted by Crippen LogP contribution is 2.37. The summed E-state index contributed by atoms with van der Waals surface area (Å²) in [5.41, 5.74) is -1.11. The number of nitrogens with zero attached hydrogens (tertiary/aromatic N) is 1. The van der Waals surface area contributed by atoms with Crippen LogP contribution in [-0.2, 0) is 14.3 Å². The van der Waals surface area contributed by atoms with Gasteiger partial charge in [0.1, 0.15) is 0 Å². The van der Waals surface area contributed by atoms with E-state index < -0.39 is 11.6 Å². The minimum absolute atomic E-state index is 0.0337. The van der Waals surface area contributed by atoms with Crippen LogP contribution in [0.1, 0.15) is 13.3 Å². The minimum atomic E-state index is -1.11. The van der Waals surface area contributed by atoms with Gasteiger partial charge in [-0.15, -0.1) is 0 Å². The maximum Gasteiger partial charge on any atom is 0.337 e. The molecule has 72 valence electrons. The Morgan fingerprint density at radius 3 is 2.69 bits per heavy atom. The van der Waals surface area contributed by atoms with Crippen LogP contribution in [-0.4, -0.2) is 46.7 Å². The molecule has 2 saturated heterocycles. The molecule has 1 amide bonds. The zero-order chi connectivity index (χ0) is 9.64. The highest BCUT2D eigenvalue weighted by Gasteiger charge is 2.56. The summed E-state index contributed by atoms with van der Waals surface area (Å²) < 4.78 is 5.19. The van der Waals surface area contributed by atoms with Crippen LogP contribution in [0.15, 0.2) is 0 Å². The highest BCUT2D eigenvalue weighted by molar-refractivity contribution is 5.82.